The number of carbonyl (C=O) groups is 2. The largest absolute Gasteiger partial charge is 0.458 e. The average Bonchev–Trinajstić information content (AvgIpc) is 2.94. The zero-order valence-corrected chi connectivity index (χ0v) is 14.3. The summed E-state index contributed by atoms with van der Waals surface area (Å²) in [6.07, 6.45) is 0.507. The van der Waals surface area contributed by atoms with Gasteiger partial charge in [-0.15, -0.1) is 0 Å². The van der Waals surface area contributed by atoms with Crippen molar-refractivity contribution in [3.63, 3.8) is 0 Å². The van der Waals surface area contributed by atoms with Gasteiger partial charge >= 0.3 is 6.03 Å². The second kappa shape index (κ2) is 4.71. The molecule has 0 radical (unpaired) electrons. The number of carbonyl (C=O) groups excluding carboxylic acids is 2. The van der Waals surface area contributed by atoms with Gasteiger partial charge in [-0.1, -0.05) is 37.8 Å². The van der Waals surface area contributed by atoms with Crippen molar-refractivity contribution in [2.45, 2.75) is 32.1 Å². The Balaban J connectivity index is 1.99. The van der Waals surface area contributed by atoms with Crippen molar-refractivity contribution >= 4 is 31.0 Å². The Bertz CT molecular complexity index is 729. The van der Waals surface area contributed by atoms with E-state index in [1.807, 2.05) is 30.3 Å². The summed E-state index contributed by atoms with van der Waals surface area (Å²) in [6, 6.07) is 9.05. The summed E-state index contributed by atoms with van der Waals surface area (Å²) in [4.78, 5) is 26.4. The van der Waals surface area contributed by atoms with Crippen LogP contribution in [0.5, 0.6) is 0 Å². The van der Waals surface area contributed by atoms with Crippen molar-refractivity contribution in [2.75, 3.05) is 6.17 Å². The lowest BCUT2D eigenvalue weighted by molar-refractivity contribution is -0.131. The van der Waals surface area contributed by atoms with E-state index < -0.39 is 13.6 Å². The minimum atomic E-state index is -1.59. The van der Waals surface area contributed by atoms with Crippen molar-refractivity contribution in [2.24, 2.45) is 0 Å². The molecule has 5 nitrogen and oxygen atoms in total. The highest BCUT2D eigenvalue weighted by Gasteiger charge is 2.51. The molecule has 0 saturated carbocycles. The molecule has 3 amide bonds. The van der Waals surface area contributed by atoms with Crippen molar-refractivity contribution in [1.29, 1.82) is 0 Å². The van der Waals surface area contributed by atoms with Gasteiger partial charge in [-0.05, 0) is 19.1 Å². The monoisotopic (exact) mass is 316 g/mol. The number of hydrogen-bond acceptors (Lipinski definition) is 3. The smallest absolute Gasteiger partial charge is 0.325 e. The molecule has 6 heteroatoms. The molecule has 0 aliphatic carbocycles. The van der Waals surface area contributed by atoms with Gasteiger partial charge in [0.05, 0.1) is 8.07 Å². The molecule has 1 saturated heterocycles. The van der Waals surface area contributed by atoms with Crippen LogP contribution in [0.15, 0.2) is 34.7 Å². The maximum absolute atomic E-state index is 12.8. The molecule has 2 heterocycles. The van der Waals surface area contributed by atoms with E-state index in [0.29, 0.717) is 17.5 Å². The summed E-state index contributed by atoms with van der Waals surface area (Å²) in [5.41, 5.74) is -0.417. The highest BCUT2D eigenvalue weighted by Crippen LogP contribution is 2.33. The number of para-hydroxylation sites is 1. The Kier molecular flexibility index (Phi) is 3.17. The molecule has 0 bridgehead atoms. The number of hydrogen-bond donors (Lipinski definition) is 1. The summed E-state index contributed by atoms with van der Waals surface area (Å²) < 4.78 is 5.80. The third kappa shape index (κ3) is 2.33. The zero-order chi connectivity index (χ0) is 16.1. The van der Waals surface area contributed by atoms with Gasteiger partial charge in [0.15, 0.2) is 5.54 Å². The SMILES string of the molecule is CC1(c2cc3ccccc3o2)NC(=O)N(C[Si](C)(C)C)C1=O. The highest BCUT2D eigenvalue weighted by molar-refractivity contribution is 6.76. The van der Waals surface area contributed by atoms with Crippen LogP contribution in [-0.4, -0.2) is 31.1 Å². The maximum atomic E-state index is 12.8. The fraction of sp³-hybridized carbons (Fsp3) is 0.375. The molecule has 22 heavy (non-hydrogen) atoms. The van der Waals surface area contributed by atoms with Crippen LogP contribution in [-0.2, 0) is 10.3 Å². The Morgan fingerprint density at radius 2 is 1.91 bits per heavy atom. The van der Waals surface area contributed by atoms with E-state index in [4.69, 9.17) is 4.42 Å². The Labute approximate surface area is 130 Å². The molecular weight excluding hydrogens is 296 g/mol. The zero-order valence-electron chi connectivity index (χ0n) is 13.3. The minimum Gasteiger partial charge on any atom is -0.458 e. The lowest BCUT2D eigenvalue weighted by Gasteiger charge is -2.23. The van der Waals surface area contributed by atoms with E-state index >= 15 is 0 Å². The summed E-state index contributed by atoms with van der Waals surface area (Å²) in [5.74, 6) is 0.240. The van der Waals surface area contributed by atoms with E-state index in [9.17, 15) is 9.59 Å². The van der Waals surface area contributed by atoms with Gasteiger partial charge in [-0.25, -0.2) is 4.79 Å². The van der Waals surface area contributed by atoms with Crippen LogP contribution in [0.2, 0.25) is 19.6 Å². The van der Waals surface area contributed by atoms with Crippen LogP contribution in [0.1, 0.15) is 12.7 Å². The normalized spacial score (nSPS) is 22.5. The predicted molar refractivity (Wildman–Crippen MR) is 87.2 cm³/mol. The fourth-order valence-corrected chi connectivity index (χ4v) is 3.95. The molecule has 1 unspecified atom stereocenters. The van der Waals surface area contributed by atoms with Crippen molar-refractivity contribution < 1.29 is 14.0 Å². The number of imide groups is 1. The van der Waals surface area contributed by atoms with Gasteiger partial charge in [0.25, 0.3) is 5.91 Å². The number of amides is 3. The van der Waals surface area contributed by atoms with Crippen LogP contribution < -0.4 is 5.32 Å². The lowest BCUT2D eigenvalue weighted by Crippen LogP contribution is -2.45. The third-order valence-corrected chi connectivity index (χ3v) is 5.09. The van der Waals surface area contributed by atoms with Crippen LogP contribution in [0.25, 0.3) is 11.0 Å². The van der Waals surface area contributed by atoms with Gasteiger partial charge in [0.1, 0.15) is 11.3 Å². The molecule has 3 rings (SSSR count). The van der Waals surface area contributed by atoms with Crippen molar-refractivity contribution in [3.05, 3.63) is 36.1 Å². The van der Waals surface area contributed by atoms with E-state index in [2.05, 4.69) is 25.0 Å². The van der Waals surface area contributed by atoms with E-state index in [1.54, 1.807) is 6.92 Å². The fourth-order valence-electron chi connectivity index (χ4n) is 2.71. The van der Waals surface area contributed by atoms with Gasteiger partial charge in [-0.3, -0.25) is 9.69 Å². The van der Waals surface area contributed by atoms with Gasteiger partial charge in [0, 0.05) is 11.6 Å². The molecule has 1 aromatic carbocycles. The number of urea groups is 1. The number of rotatable bonds is 3. The Morgan fingerprint density at radius 1 is 1.23 bits per heavy atom. The third-order valence-electron chi connectivity index (χ3n) is 3.83. The van der Waals surface area contributed by atoms with Gasteiger partial charge in [0.2, 0.25) is 0 Å². The first-order valence-corrected chi connectivity index (χ1v) is 11.0. The quantitative estimate of drug-likeness (QED) is 0.699. The summed E-state index contributed by atoms with van der Waals surface area (Å²) >= 11 is 0. The molecule has 1 N–H and O–H groups in total. The summed E-state index contributed by atoms with van der Waals surface area (Å²) in [6.45, 7) is 8.09. The average molecular weight is 316 g/mol. The van der Waals surface area contributed by atoms with E-state index in [0.717, 1.165) is 5.39 Å². The molecule has 2 aromatic rings. The van der Waals surface area contributed by atoms with Crippen LogP contribution >= 0.6 is 0 Å². The summed E-state index contributed by atoms with van der Waals surface area (Å²) in [5, 5.41) is 3.72. The topological polar surface area (TPSA) is 62.6 Å². The van der Waals surface area contributed by atoms with Gasteiger partial charge in [-0.2, -0.15) is 0 Å². The standard InChI is InChI=1S/C16H20N2O3Si/c1-16(13-9-11-7-5-6-8-12(11)21-13)14(19)18(15(20)17-16)10-22(2,3)4/h5-9H,10H2,1-4H3,(H,17,20). The number of nitrogens with zero attached hydrogens (tertiary/aromatic N) is 1. The first-order valence-electron chi connectivity index (χ1n) is 7.34. The van der Waals surface area contributed by atoms with Crippen molar-refractivity contribution in [3.8, 4) is 0 Å². The minimum absolute atomic E-state index is 0.237. The number of fused-ring (bicyclic) bond motifs is 1. The number of benzene rings is 1. The van der Waals surface area contributed by atoms with E-state index in [-0.39, 0.29) is 11.9 Å². The first-order chi connectivity index (χ1) is 10.2. The molecule has 0 spiro atoms. The number of nitrogens with one attached hydrogen (secondary N) is 1. The molecular formula is C16H20N2O3Si. The first kappa shape index (κ1) is 14.8. The molecule has 1 aliphatic heterocycles. The molecule has 116 valence electrons. The van der Waals surface area contributed by atoms with E-state index in [1.165, 1.54) is 4.90 Å². The molecule has 1 aromatic heterocycles. The summed E-state index contributed by atoms with van der Waals surface area (Å²) in [7, 11) is -1.59. The van der Waals surface area contributed by atoms with Gasteiger partial charge < -0.3 is 9.73 Å². The second-order valence-corrected chi connectivity index (χ2v) is 12.6. The number of furan rings is 1. The van der Waals surface area contributed by atoms with Crippen LogP contribution in [0.3, 0.4) is 0 Å². The highest BCUT2D eigenvalue weighted by atomic mass is 28.3. The van der Waals surface area contributed by atoms with Crippen LogP contribution in [0.4, 0.5) is 4.79 Å². The molecule has 1 aliphatic rings. The maximum Gasteiger partial charge on any atom is 0.325 e. The lowest BCUT2D eigenvalue weighted by atomic mass is 9.99. The van der Waals surface area contributed by atoms with Crippen molar-refractivity contribution in [1.82, 2.24) is 10.2 Å². The van der Waals surface area contributed by atoms with Crippen LogP contribution in [0, 0.1) is 0 Å². The molecule has 1 fully saturated rings. The Morgan fingerprint density at radius 3 is 2.55 bits per heavy atom. The Hall–Kier alpha value is -2.08. The second-order valence-electron chi connectivity index (χ2n) is 7.16. The molecule has 1 atom stereocenters. The predicted octanol–water partition coefficient (Wildman–Crippen LogP) is 3.08.